The zero-order valence-electron chi connectivity index (χ0n) is 16.9. The first-order valence-corrected chi connectivity index (χ1v) is 10.9. The Bertz CT molecular complexity index is 1320. The van der Waals surface area contributed by atoms with Gasteiger partial charge in [0.05, 0.1) is 20.9 Å². The minimum absolute atomic E-state index is 0.154. The molecule has 0 saturated heterocycles. The third-order valence-corrected chi connectivity index (χ3v) is 6.20. The smallest absolute Gasteiger partial charge is 0.271 e. The standard InChI is InChI=1S/C23H17ClN4O3S/c1-14(22(29)25-20-13-16(28(30)31)11-12-19(20)24)32-23-18-10-6-5-9-17(18)21(26-27-23)15-7-3-2-4-8-15/h2-14H,1H3,(H,25,29). The Balaban J connectivity index is 1.59. The maximum atomic E-state index is 12.8. The number of halogens is 1. The molecule has 1 amide bonds. The number of rotatable bonds is 6. The molecule has 1 unspecified atom stereocenters. The number of nitrogens with one attached hydrogen (secondary N) is 1. The number of carbonyl (C=O) groups is 1. The number of thioether (sulfide) groups is 1. The molecule has 7 nitrogen and oxygen atoms in total. The summed E-state index contributed by atoms with van der Waals surface area (Å²) in [5, 5.41) is 24.6. The minimum atomic E-state index is -0.550. The van der Waals surface area contributed by atoms with Gasteiger partial charge >= 0.3 is 0 Å². The maximum absolute atomic E-state index is 12.8. The van der Waals surface area contributed by atoms with Crippen molar-refractivity contribution in [3.63, 3.8) is 0 Å². The van der Waals surface area contributed by atoms with E-state index < -0.39 is 10.2 Å². The number of nitrogens with zero attached hydrogens (tertiary/aromatic N) is 3. The number of anilines is 1. The average Bonchev–Trinajstić information content (AvgIpc) is 2.81. The lowest BCUT2D eigenvalue weighted by atomic mass is 10.1. The van der Waals surface area contributed by atoms with E-state index in [4.69, 9.17) is 11.6 Å². The topological polar surface area (TPSA) is 98.0 Å². The molecule has 160 valence electrons. The Labute approximate surface area is 193 Å². The van der Waals surface area contributed by atoms with Gasteiger partial charge in [-0.3, -0.25) is 14.9 Å². The minimum Gasteiger partial charge on any atom is -0.324 e. The van der Waals surface area contributed by atoms with E-state index in [1.807, 2.05) is 54.6 Å². The fourth-order valence-corrected chi connectivity index (χ4v) is 4.21. The molecule has 9 heteroatoms. The van der Waals surface area contributed by atoms with Crippen LogP contribution in [0.4, 0.5) is 11.4 Å². The van der Waals surface area contributed by atoms with Gasteiger partial charge in [0.2, 0.25) is 5.91 Å². The summed E-state index contributed by atoms with van der Waals surface area (Å²) in [7, 11) is 0. The van der Waals surface area contributed by atoms with E-state index >= 15 is 0 Å². The van der Waals surface area contributed by atoms with E-state index in [0.29, 0.717) is 5.03 Å². The third-order valence-electron chi connectivity index (χ3n) is 4.78. The van der Waals surface area contributed by atoms with Crippen molar-refractivity contribution in [1.29, 1.82) is 0 Å². The summed E-state index contributed by atoms with van der Waals surface area (Å²) in [5.74, 6) is -0.351. The summed E-state index contributed by atoms with van der Waals surface area (Å²) in [6.07, 6.45) is 0. The average molecular weight is 465 g/mol. The zero-order chi connectivity index (χ0) is 22.7. The van der Waals surface area contributed by atoms with Crippen LogP contribution in [0.3, 0.4) is 0 Å². The molecular weight excluding hydrogens is 448 g/mol. The lowest BCUT2D eigenvalue weighted by Crippen LogP contribution is -2.22. The van der Waals surface area contributed by atoms with Gasteiger partial charge in [0, 0.05) is 28.5 Å². The highest BCUT2D eigenvalue weighted by Crippen LogP contribution is 2.34. The Morgan fingerprint density at radius 2 is 1.72 bits per heavy atom. The van der Waals surface area contributed by atoms with Crippen molar-refractivity contribution in [2.75, 3.05) is 5.32 Å². The van der Waals surface area contributed by atoms with E-state index in [1.165, 1.54) is 30.0 Å². The van der Waals surface area contributed by atoms with Gasteiger partial charge in [-0.2, -0.15) is 0 Å². The predicted octanol–water partition coefficient (Wildman–Crippen LogP) is 5.98. The van der Waals surface area contributed by atoms with Crippen molar-refractivity contribution in [2.45, 2.75) is 17.2 Å². The van der Waals surface area contributed by atoms with Gasteiger partial charge in [-0.25, -0.2) is 0 Å². The van der Waals surface area contributed by atoms with E-state index in [0.717, 1.165) is 22.0 Å². The van der Waals surface area contributed by atoms with Crippen LogP contribution in [-0.2, 0) is 4.79 Å². The highest BCUT2D eigenvalue weighted by Gasteiger charge is 2.20. The fraction of sp³-hybridized carbons (Fsp3) is 0.0870. The van der Waals surface area contributed by atoms with Crippen LogP contribution in [0.1, 0.15) is 6.92 Å². The molecule has 0 spiro atoms. The number of amides is 1. The van der Waals surface area contributed by atoms with Crippen molar-refractivity contribution >= 4 is 51.4 Å². The van der Waals surface area contributed by atoms with Gasteiger partial charge < -0.3 is 5.32 Å². The molecule has 0 saturated carbocycles. The third kappa shape index (κ3) is 4.56. The zero-order valence-corrected chi connectivity index (χ0v) is 18.4. The highest BCUT2D eigenvalue weighted by molar-refractivity contribution is 8.00. The summed E-state index contributed by atoms with van der Waals surface area (Å²) in [6, 6.07) is 21.5. The van der Waals surface area contributed by atoms with Crippen LogP contribution in [0, 0.1) is 10.1 Å². The molecule has 1 atom stereocenters. The molecule has 1 aromatic heterocycles. The van der Waals surface area contributed by atoms with Crippen molar-refractivity contribution in [1.82, 2.24) is 10.2 Å². The Morgan fingerprint density at radius 1 is 1.03 bits per heavy atom. The fourth-order valence-electron chi connectivity index (χ4n) is 3.15. The molecule has 4 aromatic rings. The first-order chi connectivity index (χ1) is 15.4. The molecule has 0 aliphatic heterocycles. The number of non-ortho nitro benzene ring substituents is 1. The molecule has 0 aliphatic carbocycles. The van der Waals surface area contributed by atoms with Crippen molar-refractivity contribution in [3.05, 3.63) is 87.9 Å². The van der Waals surface area contributed by atoms with E-state index in [9.17, 15) is 14.9 Å². The summed E-state index contributed by atoms with van der Waals surface area (Å²) in [6.45, 7) is 1.73. The SMILES string of the molecule is CC(Sc1nnc(-c2ccccc2)c2ccccc12)C(=O)Nc1cc([N+](=O)[O-])ccc1Cl. The van der Waals surface area contributed by atoms with Gasteiger partial charge in [0.1, 0.15) is 10.7 Å². The quantitative estimate of drug-likeness (QED) is 0.214. The lowest BCUT2D eigenvalue weighted by Gasteiger charge is -2.14. The van der Waals surface area contributed by atoms with Gasteiger partial charge in [-0.05, 0) is 13.0 Å². The number of benzene rings is 3. The van der Waals surface area contributed by atoms with E-state index in [2.05, 4.69) is 15.5 Å². The predicted molar refractivity (Wildman–Crippen MR) is 127 cm³/mol. The number of nitro groups is 1. The number of aromatic nitrogens is 2. The van der Waals surface area contributed by atoms with Crippen LogP contribution in [0.5, 0.6) is 0 Å². The Kier molecular flexibility index (Phi) is 6.34. The second kappa shape index (κ2) is 9.33. The Morgan fingerprint density at radius 3 is 2.44 bits per heavy atom. The van der Waals surface area contributed by atoms with Gasteiger partial charge in [-0.1, -0.05) is 78.0 Å². The lowest BCUT2D eigenvalue weighted by molar-refractivity contribution is -0.384. The molecule has 1 N–H and O–H groups in total. The first kappa shape index (κ1) is 21.7. The monoisotopic (exact) mass is 464 g/mol. The summed E-state index contributed by atoms with van der Waals surface area (Å²) in [4.78, 5) is 23.2. The van der Waals surface area contributed by atoms with E-state index in [-0.39, 0.29) is 22.3 Å². The van der Waals surface area contributed by atoms with Gasteiger partial charge in [0.15, 0.2) is 0 Å². The van der Waals surface area contributed by atoms with Crippen LogP contribution < -0.4 is 5.32 Å². The van der Waals surface area contributed by atoms with Crippen LogP contribution in [0.2, 0.25) is 5.02 Å². The molecule has 0 bridgehead atoms. The van der Waals surface area contributed by atoms with Crippen molar-refractivity contribution < 1.29 is 9.72 Å². The summed E-state index contributed by atoms with van der Waals surface area (Å²) >= 11 is 7.36. The number of carbonyl (C=O) groups excluding carboxylic acids is 1. The number of nitro benzene ring substituents is 1. The number of fused-ring (bicyclic) bond motifs is 1. The maximum Gasteiger partial charge on any atom is 0.271 e. The molecule has 4 rings (SSSR count). The van der Waals surface area contributed by atoms with Gasteiger partial charge in [-0.15, -0.1) is 10.2 Å². The van der Waals surface area contributed by atoms with Crippen LogP contribution in [0.15, 0.2) is 77.8 Å². The molecule has 1 heterocycles. The summed E-state index contributed by atoms with van der Waals surface area (Å²) in [5.41, 5.74) is 1.76. The molecular formula is C23H17ClN4O3S. The second-order valence-electron chi connectivity index (χ2n) is 6.94. The number of hydrogen-bond donors (Lipinski definition) is 1. The van der Waals surface area contributed by atoms with Crippen molar-refractivity contribution in [3.8, 4) is 11.3 Å². The normalized spacial score (nSPS) is 11.8. The molecule has 0 radical (unpaired) electrons. The van der Waals surface area contributed by atoms with E-state index in [1.54, 1.807) is 6.92 Å². The first-order valence-electron chi connectivity index (χ1n) is 9.66. The summed E-state index contributed by atoms with van der Waals surface area (Å²) < 4.78 is 0. The molecule has 0 aliphatic rings. The Hall–Kier alpha value is -3.49. The largest absolute Gasteiger partial charge is 0.324 e. The highest BCUT2D eigenvalue weighted by atomic mass is 35.5. The second-order valence-corrected chi connectivity index (χ2v) is 8.67. The number of hydrogen-bond acceptors (Lipinski definition) is 6. The van der Waals surface area contributed by atoms with Crippen LogP contribution >= 0.6 is 23.4 Å². The molecule has 0 fully saturated rings. The molecule has 3 aromatic carbocycles. The molecule has 32 heavy (non-hydrogen) atoms. The van der Waals surface area contributed by atoms with Gasteiger partial charge in [0.25, 0.3) is 5.69 Å². The van der Waals surface area contributed by atoms with Crippen LogP contribution in [-0.4, -0.2) is 26.3 Å². The van der Waals surface area contributed by atoms with Crippen molar-refractivity contribution in [2.24, 2.45) is 0 Å². The van der Waals surface area contributed by atoms with Crippen LogP contribution in [0.25, 0.3) is 22.0 Å².